The van der Waals surface area contributed by atoms with Gasteiger partial charge in [-0.1, -0.05) is 41.9 Å². The minimum atomic E-state index is 0.469. The van der Waals surface area contributed by atoms with Crippen molar-refractivity contribution in [1.82, 2.24) is 9.97 Å². The van der Waals surface area contributed by atoms with Gasteiger partial charge in [0.1, 0.15) is 11.0 Å². The molecule has 1 fully saturated rings. The van der Waals surface area contributed by atoms with Crippen LogP contribution in [0.25, 0.3) is 11.4 Å². The summed E-state index contributed by atoms with van der Waals surface area (Å²) in [6.07, 6.45) is 0. The fraction of sp³-hybridized carbons (Fsp3) is 0.333. The van der Waals surface area contributed by atoms with Gasteiger partial charge in [0.15, 0.2) is 5.82 Å². The summed E-state index contributed by atoms with van der Waals surface area (Å²) in [6.45, 7) is 0.916. The maximum Gasteiger partial charge on any atom is 0.163 e. The summed E-state index contributed by atoms with van der Waals surface area (Å²) in [5, 5.41) is 4.50. The second-order valence-electron chi connectivity index (χ2n) is 4.71. The standard InChI is InChI=1S/C15H16ClN3S2/c16-13-8-14(17-9-12-10-20-6-7-21-12)19-15(18-13)11-4-2-1-3-5-11/h1-5,8,12H,6-7,9-10H2,(H,17,18,19). The quantitative estimate of drug-likeness (QED) is 0.852. The van der Waals surface area contributed by atoms with Crippen LogP contribution >= 0.6 is 35.1 Å². The van der Waals surface area contributed by atoms with E-state index in [1.165, 1.54) is 17.3 Å². The number of benzene rings is 1. The molecule has 0 bridgehead atoms. The Labute approximate surface area is 138 Å². The maximum atomic E-state index is 6.12. The van der Waals surface area contributed by atoms with Crippen molar-refractivity contribution in [2.75, 3.05) is 29.1 Å². The molecule has 0 saturated carbocycles. The van der Waals surface area contributed by atoms with Gasteiger partial charge in [-0.25, -0.2) is 9.97 Å². The third kappa shape index (κ3) is 4.28. The van der Waals surface area contributed by atoms with Gasteiger partial charge < -0.3 is 5.32 Å². The first-order chi connectivity index (χ1) is 10.3. The molecule has 1 aliphatic rings. The molecule has 0 radical (unpaired) electrons. The summed E-state index contributed by atoms with van der Waals surface area (Å²) >= 11 is 10.2. The predicted octanol–water partition coefficient (Wildman–Crippen LogP) is 4.06. The van der Waals surface area contributed by atoms with Gasteiger partial charge in [-0.2, -0.15) is 23.5 Å². The van der Waals surface area contributed by atoms with Crippen molar-refractivity contribution in [3.8, 4) is 11.4 Å². The zero-order valence-corrected chi connectivity index (χ0v) is 13.8. The van der Waals surface area contributed by atoms with Gasteiger partial charge >= 0.3 is 0 Å². The largest absolute Gasteiger partial charge is 0.369 e. The van der Waals surface area contributed by atoms with Gasteiger partial charge in [0.25, 0.3) is 0 Å². The molecule has 1 aromatic carbocycles. The van der Waals surface area contributed by atoms with Crippen molar-refractivity contribution in [1.29, 1.82) is 0 Å². The molecule has 0 spiro atoms. The van der Waals surface area contributed by atoms with Gasteiger partial charge in [0, 0.05) is 40.7 Å². The van der Waals surface area contributed by atoms with Gasteiger partial charge in [-0.3, -0.25) is 0 Å². The predicted molar refractivity (Wildman–Crippen MR) is 94.5 cm³/mol. The average molecular weight is 338 g/mol. The van der Waals surface area contributed by atoms with E-state index in [0.717, 1.165) is 17.9 Å². The Morgan fingerprint density at radius 2 is 2.05 bits per heavy atom. The minimum Gasteiger partial charge on any atom is -0.369 e. The highest BCUT2D eigenvalue weighted by atomic mass is 35.5. The SMILES string of the molecule is Clc1cc(NCC2CSCCS2)nc(-c2ccccc2)n1. The average Bonchev–Trinajstić information content (AvgIpc) is 2.54. The third-order valence-corrected chi connectivity index (χ3v) is 6.16. The first-order valence-corrected chi connectivity index (χ1v) is 9.42. The number of halogens is 1. The Hall–Kier alpha value is -0.910. The molecule has 1 aliphatic heterocycles. The summed E-state index contributed by atoms with van der Waals surface area (Å²) in [7, 11) is 0. The monoisotopic (exact) mass is 337 g/mol. The molecular formula is C15H16ClN3S2. The van der Waals surface area contributed by atoms with E-state index in [-0.39, 0.29) is 0 Å². The second kappa shape index (κ2) is 7.38. The van der Waals surface area contributed by atoms with E-state index in [0.29, 0.717) is 16.2 Å². The van der Waals surface area contributed by atoms with Crippen LogP contribution in [0.1, 0.15) is 0 Å². The normalized spacial score (nSPS) is 18.4. The van der Waals surface area contributed by atoms with Crippen molar-refractivity contribution < 1.29 is 0 Å². The molecule has 21 heavy (non-hydrogen) atoms. The molecule has 3 rings (SSSR count). The Morgan fingerprint density at radius 3 is 2.81 bits per heavy atom. The molecule has 6 heteroatoms. The number of anilines is 1. The van der Waals surface area contributed by atoms with Crippen LogP contribution in [0.5, 0.6) is 0 Å². The number of hydrogen-bond acceptors (Lipinski definition) is 5. The zero-order valence-electron chi connectivity index (χ0n) is 11.5. The van der Waals surface area contributed by atoms with Gasteiger partial charge in [-0.15, -0.1) is 0 Å². The molecule has 1 atom stereocenters. The molecular weight excluding hydrogens is 322 g/mol. The Kier molecular flexibility index (Phi) is 5.27. The summed E-state index contributed by atoms with van der Waals surface area (Å²) < 4.78 is 0. The summed E-state index contributed by atoms with van der Waals surface area (Å²) in [5.41, 5.74) is 0.977. The van der Waals surface area contributed by atoms with Gasteiger partial charge in [0.2, 0.25) is 0 Å². The maximum absolute atomic E-state index is 6.12. The molecule has 3 nitrogen and oxygen atoms in total. The second-order valence-corrected chi connectivity index (χ2v) is 7.66. The van der Waals surface area contributed by atoms with E-state index >= 15 is 0 Å². The highest BCUT2D eigenvalue weighted by Crippen LogP contribution is 2.25. The van der Waals surface area contributed by atoms with E-state index in [2.05, 4.69) is 15.3 Å². The van der Waals surface area contributed by atoms with Gasteiger partial charge in [0.05, 0.1) is 0 Å². The van der Waals surface area contributed by atoms with Crippen molar-refractivity contribution in [2.45, 2.75) is 5.25 Å². The van der Waals surface area contributed by atoms with Crippen molar-refractivity contribution in [2.24, 2.45) is 0 Å². The van der Waals surface area contributed by atoms with E-state index in [1.54, 1.807) is 6.07 Å². The molecule has 110 valence electrons. The molecule has 2 aromatic rings. The molecule has 1 unspecified atom stereocenters. The summed E-state index contributed by atoms with van der Waals surface area (Å²) in [4.78, 5) is 8.87. The topological polar surface area (TPSA) is 37.8 Å². The highest BCUT2D eigenvalue weighted by molar-refractivity contribution is 8.06. The molecule has 2 heterocycles. The lowest BCUT2D eigenvalue weighted by Gasteiger charge is -2.21. The first-order valence-electron chi connectivity index (χ1n) is 6.84. The Morgan fingerprint density at radius 1 is 1.19 bits per heavy atom. The fourth-order valence-corrected chi connectivity index (χ4v) is 4.89. The highest BCUT2D eigenvalue weighted by Gasteiger charge is 2.14. The molecule has 0 aliphatic carbocycles. The lowest BCUT2D eigenvalue weighted by Crippen LogP contribution is -2.23. The van der Waals surface area contributed by atoms with Crippen molar-refractivity contribution in [3.05, 3.63) is 41.6 Å². The lowest BCUT2D eigenvalue weighted by molar-refractivity contribution is 0.989. The number of aromatic nitrogens is 2. The number of thioether (sulfide) groups is 2. The fourth-order valence-electron chi connectivity index (χ4n) is 2.10. The van der Waals surface area contributed by atoms with E-state index in [9.17, 15) is 0 Å². The molecule has 1 saturated heterocycles. The Balaban J connectivity index is 1.72. The summed E-state index contributed by atoms with van der Waals surface area (Å²) in [6, 6.07) is 11.7. The van der Waals surface area contributed by atoms with E-state index in [4.69, 9.17) is 11.6 Å². The number of nitrogens with zero attached hydrogens (tertiary/aromatic N) is 2. The number of rotatable bonds is 4. The molecule has 1 aromatic heterocycles. The molecule has 1 N–H and O–H groups in total. The molecule has 0 amide bonds. The smallest absolute Gasteiger partial charge is 0.163 e. The van der Waals surface area contributed by atoms with Crippen LogP contribution in [-0.4, -0.2) is 39.0 Å². The van der Waals surface area contributed by atoms with Crippen LogP contribution in [0.15, 0.2) is 36.4 Å². The van der Waals surface area contributed by atoms with Crippen LogP contribution in [0.2, 0.25) is 5.15 Å². The minimum absolute atomic E-state index is 0.469. The van der Waals surface area contributed by atoms with Crippen LogP contribution in [0.4, 0.5) is 5.82 Å². The van der Waals surface area contributed by atoms with Crippen LogP contribution < -0.4 is 5.32 Å². The number of hydrogen-bond donors (Lipinski definition) is 1. The lowest BCUT2D eigenvalue weighted by atomic mass is 10.2. The zero-order chi connectivity index (χ0) is 14.5. The number of nitrogens with one attached hydrogen (secondary N) is 1. The van der Waals surface area contributed by atoms with Crippen molar-refractivity contribution in [3.63, 3.8) is 0 Å². The van der Waals surface area contributed by atoms with Crippen LogP contribution in [-0.2, 0) is 0 Å². The van der Waals surface area contributed by atoms with Crippen LogP contribution in [0, 0.1) is 0 Å². The van der Waals surface area contributed by atoms with E-state index in [1.807, 2.05) is 53.9 Å². The van der Waals surface area contributed by atoms with Gasteiger partial charge in [-0.05, 0) is 0 Å². The van der Waals surface area contributed by atoms with Crippen LogP contribution in [0.3, 0.4) is 0 Å². The van der Waals surface area contributed by atoms with Crippen molar-refractivity contribution >= 4 is 40.9 Å². The third-order valence-electron chi connectivity index (χ3n) is 3.12. The Bertz CT molecular complexity index is 589. The summed E-state index contributed by atoms with van der Waals surface area (Å²) in [5.74, 6) is 5.15. The van der Waals surface area contributed by atoms with E-state index < -0.39 is 0 Å². The first kappa shape index (κ1) is 15.0.